The Morgan fingerprint density at radius 1 is 0.920 bits per heavy atom. The minimum Gasteiger partial charge on any atom is -0.490 e. The van der Waals surface area contributed by atoms with E-state index in [0.29, 0.717) is 64.3 Å². The van der Waals surface area contributed by atoms with Crippen LogP contribution in [-0.4, -0.2) is 128 Å². The van der Waals surface area contributed by atoms with Crippen molar-refractivity contribution in [3.05, 3.63) is 53.1 Å². The van der Waals surface area contributed by atoms with Crippen molar-refractivity contribution in [2.75, 3.05) is 76.7 Å². The molecular weight excluding hydrogens is 636 g/mol. The number of methoxy groups -OCH3 is 1. The summed E-state index contributed by atoms with van der Waals surface area (Å²) in [5.41, 5.74) is 4.91. The molecule has 5 aliphatic heterocycles. The summed E-state index contributed by atoms with van der Waals surface area (Å²) in [4.78, 5) is 49.1. The molecule has 12 heteroatoms. The summed E-state index contributed by atoms with van der Waals surface area (Å²) >= 11 is 0. The van der Waals surface area contributed by atoms with Gasteiger partial charge < -0.3 is 44.4 Å². The summed E-state index contributed by atoms with van der Waals surface area (Å²) in [5, 5.41) is 6.47. The van der Waals surface area contributed by atoms with E-state index in [1.54, 1.807) is 12.0 Å². The van der Waals surface area contributed by atoms with Crippen LogP contribution in [0.15, 0.2) is 36.4 Å². The summed E-state index contributed by atoms with van der Waals surface area (Å²) in [6.07, 6.45) is 5.19. The lowest BCUT2D eigenvalue weighted by Gasteiger charge is -2.42. The SMILES string of the molecule is COC1CCN(C2CCN(C(=O)[C@@H](Cc3cc(C)c4c(c3)OCCN4)OC(=O)N3CCC(N4CCc5ccccc5NC4=O)CC3)CC2)CC1. The predicted molar refractivity (Wildman–Crippen MR) is 191 cm³/mol. The van der Waals surface area contributed by atoms with Crippen LogP contribution in [0, 0.1) is 6.92 Å². The van der Waals surface area contributed by atoms with Gasteiger partial charge in [0.05, 0.1) is 11.8 Å². The molecule has 50 heavy (non-hydrogen) atoms. The number of amides is 4. The van der Waals surface area contributed by atoms with Crippen molar-refractivity contribution >= 4 is 29.4 Å². The van der Waals surface area contributed by atoms with Gasteiger partial charge in [-0.25, -0.2) is 9.59 Å². The van der Waals surface area contributed by atoms with E-state index in [9.17, 15) is 14.4 Å². The summed E-state index contributed by atoms with van der Waals surface area (Å²) in [6.45, 7) is 8.25. The van der Waals surface area contributed by atoms with Crippen molar-refractivity contribution in [2.45, 2.75) is 82.6 Å². The zero-order valence-electron chi connectivity index (χ0n) is 29.5. The molecule has 12 nitrogen and oxygen atoms in total. The van der Waals surface area contributed by atoms with Crippen molar-refractivity contribution in [3.63, 3.8) is 0 Å². The van der Waals surface area contributed by atoms with E-state index in [2.05, 4.69) is 27.7 Å². The molecule has 2 N–H and O–H groups in total. The highest BCUT2D eigenvalue weighted by atomic mass is 16.6. The smallest absolute Gasteiger partial charge is 0.410 e. The Morgan fingerprint density at radius 2 is 1.64 bits per heavy atom. The minimum absolute atomic E-state index is 0.0273. The van der Waals surface area contributed by atoms with Crippen LogP contribution >= 0.6 is 0 Å². The Balaban J connectivity index is 0.992. The number of rotatable bonds is 7. The van der Waals surface area contributed by atoms with Crippen molar-refractivity contribution in [1.82, 2.24) is 19.6 Å². The van der Waals surface area contributed by atoms with Crippen LogP contribution in [0.3, 0.4) is 0 Å². The monoisotopic (exact) mass is 688 g/mol. The number of urea groups is 1. The van der Waals surface area contributed by atoms with Gasteiger partial charge in [0.25, 0.3) is 5.91 Å². The van der Waals surface area contributed by atoms with Gasteiger partial charge in [0.1, 0.15) is 12.4 Å². The number of carbonyl (C=O) groups is 3. The van der Waals surface area contributed by atoms with Gasteiger partial charge in [-0.3, -0.25) is 4.79 Å². The normalized spacial score (nSPS) is 21.6. The van der Waals surface area contributed by atoms with Gasteiger partial charge in [-0.2, -0.15) is 0 Å². The maximum atomic E-state index is 14.2. The summed E-state index contributed by atoms with van der Waals surface area (Å²) in [5.74, 6) is 0.629. The first kappa shape index (κ1) is 34.4. The van der Waals surface area contributed by atoms with Crippen LogP contribution in [0.2, 0.25) is 0 Å². The molecule has 0 saturated carbocycles. The number of carbonyl (C=O) groups excluding carboxylic acids is 3. The van der Waals surface area contributed by atoms with Crippen LogP contribution in [0.4, 0.5) is 21.0 Å². The molecule has 0 unspecified atom stereocenters. The first-order valence-electron chi connectivity index (χ1n) is 18.5. The second kappa shape index (κ2) is 15.5. The number of piperidine rings is 3. The first-order valence-corrected chi connectivity index (χ1v) is 18.5. The Labute approximate surface area is 295 Å². The molecule has 4 amide bonds. The molecule has 3 fully saturated rings. The zero-order valence-corrected chi connectivity index (χ0v) is 29.5. The fourth-order valence-electron chi connectivity index (χ4n) is 8.44. The summed E-state index contributed by atoms with van der Waals surface area (Å²) in [6, 6.07) is 12.3. The molecule has 2 aromatic carbocycles. The number of hydrogen-bond acceptors (Lipinski definition) is 8. The predicted octanol–water partition coefficient (Wildman–Crippen LogP) is 4.50. The van der Waals surface area contributed by atoms with Crippen LogP contribution in [0.1, 0.15) is 55.2 Å². The van der Waals surface area contributed by atoms with Gasteiger partial charge in [0, 0.05) is 83.7 Å². The fourth-order valence-corrected chi connectivity index (χ4v) is 8.44. The van der Waals surface area contributed by atoms with Gasteiger partial charge in [-0.15, -0.1) is 0 Å². The van der Waals surface area contributed by atoms with E-state index in [4.69, 9.17) is 14.2 Å². The third-order valence-electron chi connectivity index (χ3n) is 11.4. The highest BCUT2D eigenvalue weighted by Gasteiger charge is 2.37. The molecular formula is C38H52N6O6. The maximum Gasteiger partial charge on any atom is 0.410 e. The van der Waals surface area contributed by atoms with E-state index in [0.717, 1.165) is 85.6 Å². The van der Waals surface area contributed by atoms with Gasteiger partial charge in [-0.1, -0.05) is 24.3 Å². The second-order valence-corrected chi connectivity index (χ2v) is 14.4. The lowest BCUT2D eigenvalue weighted by molar-refractivity contribution is -0.142. The van der Waals surface area contributed by atoms with Crippen LogP contribution in [-0.2, 0) is 27.1 Å². The maximum absolute atomic E-state index is 14.2. The average molecular weight is 689 g/mol. The highest BCUT2D eigenvalue weighted by molar-refractivity contribution is 5.91. The molecule has 3 saturated heterocycles. The van der Waals surface area contributed by atoms with Crippen LogP contribution in [0.25, 0.3) is 0 Å². The number of likely N-dealkylation sites (tertiary alicyclic amines) is 3. The minimum atomic E-state index is -0.946. The van der Waals surface area contributed by atoms with Gasteiger partial charge in [-0.05, 0) is 80.7 Å². The van der Waals surface area contributed by atoms with E-state index >= 15 is 0 Å². The third kappa shape index (κ3) is 7.66. The first-order chi connectivity index (χ1) is 24.4. The van der Waals surface area contributed by atoms with Gasteiger partial charge in [0.2, 0.25) is 0 Å². The molecule has 270 valence electrons. The summed E-state index contributed by atoms with van der Waals surface area (Å²) < 4.78 is 17.6. The number of nitrogens with zero attached hydrogens (tertiary/aromatic N) is 4. The lowest BCUT2D eigenvalue weighted by Crippen LogP contribution is -2.53. The quantitative estimate of drug-likeness (QED) is 0.437. The Morgan fingerprint density at radius 3 is 2.40 bits per heavy atom. The van der Waals surface area contributed by atoms with Gasteiger partial charge >= 0.3 is 12.1 Å². The Bertz CT molecular complexity index is 1530. The largest absolute Gasteiger partial charge is 0.490 e. The van der Waals surface area contributed by atoms with E-state index in [1.165, 1.54) is 0 Å². The molecule has 1 atom stereocenters. The number of fused-ring (bicyclic) bond motifs is 2. The Hall–Kier alpha value is -4.03. The molecule has 0 radical (unpaired) electrons. The van der Waals surface area contributed by atoms with Gasteiger partial charge in [0.15, 0.2) is 6.10 Å². The number of ether oxygens (including phenoxy) is 3. The number of aryl methyl sites for hydroxylation is 1. The molecule has 0 spiro atoms. The Kier molecular flexibility index (Phi) is 10.6. The highest BCUT2D eigenvalue weighted by Crippen LogP contribution is 2.33. The van der Waals surface area contributed by atoms with E-state index in [-0.39, 0.29) is 24.4 Å². The third-order valence-corrected chi connectivity index (χ3v) is 11.4. The average Bonchev–Trinajstić information content (AvgIpc) is 3.32. The number of benzene rings is 2. The fraction of sp³-hybridized carbons (Fsp3) is 0.605. The van der Waals surface area contributed by atoms with E-state index < -0.39 is 12.2 Å². The number of hydrogen-bond donors (Lipinski definition) is 2. The molecule has 5 aliphatic rings. The van der Waals surface area contributed by atoms with E-state index in [1.807, 2.05) is 41.0 Å². The molecule has 0 aliphatic carbocycles. The van der Waals surface area contributed by atoms with Crippen LogP contribution in [0.5, 0.6) is 5.75 Å². The zero-order chi connectivity index (χ0) is 34.6. The second-order valence-electron chi connectivity index (χ2n) is 14.4. The molecule has 7 rings (SSSR count). The van der Waals surface area contributed by atoms with Crippen LogP contribution < -0.4 is 15.4 Å². The molecule has 5 heterocycles. The number of anilines is 2. The number of nitrogens with one attached hydrogen (secondary N) is 2. The van der Waals surface area contributed by atoms with Crippen molar-refractivity contribution < 1.29 is 28.6 Å². The summed E-state index contributed by atoms with van der Waals surface area (Å²) in [7, 11) is 1.79. The number of para-hydroxylation sites is 1. The topological polar surface area (TPSA) is 116 Å². The lowest BCUT2D eigenvalue weighted by atomic mass is 9.97. The molecule has 2 aromatic rings. The molecule has 0 aromatic heterocycles. The van der Waals surface area contributed by atoms with Crippen molar-refractivity contribution in [3.8, 4) is 5.75 Å². The van der Waals surface area contributed by atoms with Crippen molar-refractivity contribution in [2.24, 2.45) is 0 Å². The van der Waals surface area contributed by atoms with Crippen molar-refractivity contribution in [1.29, 1.82) is 0 Å². The standard InChI is InChI=1S/C38H52N6O6/c1-26-23-27(24-33-35(26)39-14-22-49-33)25-34(36(45)42-15-8-29(9-16-42)41-19-12-31(48-2)13-20-41)50-38(47)43-17-10-30(11-18-43)44-21-7-28-5-3-4-6-32(28)40-37(44)46/h3-6,23-24,29-31,34,39H,7-22,25H2,1-2H3,(H,40,46)/t34-/m1/s1. The molecule has 0 bridgehead atoms.